The minimum Gasteiger partial charge on any atom is -0.385 e. The van der Waals surface area contributed by atoms with E-state index in [1.807, 2.05) is 0 Å². The van der Waals surface area contributed by atoms with Crippen molar-refractivity contribution in [1.29, 1.82) is 0 Å². The smallest absolute Gasteiger partial charge is 0.219 e. The van der Waals surface area contributed by atoms with Crippen molar-refractivity contribution in [2.45, 2.75) is 77.6 Å². The zero-order valence-corrected chi connectivity index (χ0v) is 13.0. The summed E-state index contributed by atoms with van der Waals surface area (Å²) in [6.45, 7) is 3.71. The van der Waals surface area contributed by atoms with Gasteiger partial charge in [0.15, 0.2) is 0 Å². The zero-order chi connectivity index (χ0) is 14.2. The molecule has 0 spiro atoms. The van der Waals surface area contributed by atoms with E-state index in [4.69, 9.17) is 4.74 Å². The van der Waals surface area contributed by atoms with Crippen LogP contribution in [0.3, 0.4) is 0 Å². The first-order valence-electron chi connectivity index (χ1n) is 8.07. The molecule has 0 rings (SSSR count). The van der Waals surface area contributed by atoms with E-state index < -0.39 is 0 Å². The third-order valence-corrected chi connectivity index (χ3v) is 3.35. The number of nitrogens with one attached hydrogen (secondary N) is 1. The molecular formula is C16H33NO2. The number of hydrogen-bond donors (Lipinski definition) is 1. The second-order valence-electron chi connectivity index (χ2n) is 5.27. The summed E-state index contributed by atoms with van der Waals surface area (Å²) in [5, 5.41) is 2.92. The van der Waals surface area contributed by atoms with Crippen LogP contribution in [0, 0.1) is 0 Å². The molecule has 0 unspecified atom stereocenters. The van der Waals surface area contributed by atoms with E-state index >= 15 is 0 Å². The van der Waals surface area contributed by atoms with Gasteiger partial charge in [-0.15, -0.1) is 0 Å². The molecule has 0 bridgehead atoms. The van der Waals surface area contributed by atoms with Gasteiger partial charge in [0, 0.05) is 26.7 Å². The molecule has 0 saturated heterocycles. The Bertz CT molecular complexity index is 195. The minimum absolute atomic E-state index is 0.194. The van der Waals surface area contributed by atoms with Crippen LogP contribution in [0.1, 0.15) is 77.6 Å². The number of carbonyl (C=O) groups is 1. The standard InChI is InChI=1S/C16H33NO2/c1-3-4-5-6-7-8-9-10-11-13-16(18)17-14-12-15-19-2/h3-15H2,1-2H3,(H,17,18). The summed E-state index contributed by atoms with van der Waals surface area (Å²) in [5.41, 5.74) is 0. The van der Waals surface area contributed by atoms with E-state index in [-0.39, 0.29) is 5.91 Å². The highest BCUT2D eigenvalue weighted by atomic mass is 16.5. The first-order valence-corrected chi connectivity index (χ1v) is 8.07. The van der Waals surface area contributed by atoms with Gasteiger partial charge < -0.3 is 10.1 Å². The molecule has 0 atom stereocenters. The van der Waals surface area contributed by atoms with Gasteiger partial charge in [-0.25, -0.2) is 0 Å². The van der Waals surface area contributed by atoms with Crippen molar-refractivity contribution >= 4 is 5.91 Å². The molecule has 0 radical (unpaired) electrons. The molecule has 114 valence electrons. The lowest BCUT2D eigenvalue weighted by Gasteiger charge is -2.05. The van der Waals surface area contributed by atoms with Gasteiger partial charge in [0.2, 0.25) is 5.91 Å². The molecule has 0 fully saturated rings. The van der Waals surface area contributed by atoms with E-state index in [9.17, 15) is 4.79 Å². The maximum atomic E-state index is 11.5. The Morgan fingerprint density at radius 2 is 1.47 bits per heavy atom. The lowest BCUT2D eigenvalue weighted by molar-refractivity contribution is -0.121. The van der Waals surface area contributed by atoms with Crippen LogP contribution in [0.4, 0.5) is 0 Å². The second kappa shape index (κ2) is 15.5. The SMILES string of the molecule is CCCCCCCCCCCC(=O)NCCCOC. The van der Waals surface area contributed by atoms with Gasteiger partial charge in [0.25, 0.3) is 0 Å². The van der Waals surface area contributed by atoms with E-state index in [1.165, 1.54) is 51.4 Å². The molecule has 0 heterocycles. The maximum absolute atomic E-state index is 11.5. The van der Waals surface area contributed by atoms with E-state index in [1.54, 1.807) is 7.11 Å². The van der Waals surface area contributed by atoms with Crippen LogP contribution in [-0.4, -0.2) is 26.2 Å². The van der Waals surface area contributed by atoms with Gasteiger partial charge in [0.05, 0.1) is 0 Å². The molecule has 3 heteroatoms. The summed E-state index contributed by atoms with van der Waals surface area (Å²) in [6.07, 6.45) is 13.3. The minimum atomic E-state index is 0.194. The molecule has 1 N–H and O–H groups in total. The highest BCUT2D eigenvalue weighted by Crippen LogP contribution is 2.10. The van der Waals surface area contributed by atoms with E-state index in [0.29, 0.717) is 6.42 Å². The Morgan fingerprint density at radius 3 is 2.05 bits per heavy atom. The summed E-state index contributed by atoms with van der Waals surface area (Å²) in [5.74, 6) is 0.194. The first-order chi connectivity index (χ1) is 9.31. The molecule has 0 aromatic heterocycles. The zero-order valence-electron chi connectivity index (χ0n) is 13.0. The van der Waals surface area contributed by atoms with Gasteiger partial charge in [0.1, 0.15) is 0 Å². The van der Waals surface area contributed by atoms with Crippen molar-refractivity contribution in [1.82, 2.24) is 5.32 Å². The average Bonchev–Trinajstić information content (AvgIpc) is 2.42. The Kier molecular flexibility index (Phi) is 15.0. The lowest BCUT2D eigenvalue weighted by Crippen LogP contribution is -2.24. The largest absolute Gasteiger partial charge is 0.385 e. The Balaban J connectivity index is 3.10. The molecule has 1 amide bonds. The van der Waals surface area contributed by atoms with Crippen LogP contribution in [0.5, 0.6) is 0 Å². The lowest BCUT2D eigenvalue weighted by atomic mass is 10.1. The van der Waals surface area contributed by atoms with Gasteiger partial charge >= 0.3 is 0 Å². The highest BCUT2D eigenvalue weighted by Gasteiger charge is 2.00. The predicted octanol–water partition coefficient (Wildman–Crippen LogP) is 4.06. The first kappa shape index (κ1) is 18.4. The molecule has 3 nitrogen and oxygen atoms in total. The van der Waals surface area contributed by atoms with Gasteiger partial charge in [-0.3, -0.25) is 4.79 Å². The molecule has 0 saturated carbocycles. The van der Waals surface area contributed by atoms with Crippen molar-refractivity contribution in [3.8, 4) is 0 Å². The second-order valence-corrected chi connectivity index (χ2v) is 5.27. The third kappa shape index (κ3) is 15.4. The molecular weight excluding hydrogens is 238 g/mol. The van der Waals surface area contributed by atoms with Crippen molar-refractivity contribution in [3.05, 3.63) is 0 Å². The van der Waals surface area contributed by atoms with Crippen molar-refractivity contribution < 1.29 is 9.53 Å². The summed E-state index contributed by atoms with van der Waals surface area (Å²) >= 11 is 0. The Labute approximate surface area is 119 Å². The molecule has 0 aromatic rings. The fourth-order valence-corrected chi connectivity index (χ4v) is 2.13. The molecule has 0 aromatic carbocycles. The third-order valence-electron chi connectivity index (χ3n) is 3.35. The highest BCUT2D eigenvalue weighted by molar-refractivity contribution is 5.75. The Morgan fingerprint density at radius 1 is 0.895 bits per heavy atom. The molecule has 0 aliphatic heterocycles. The summed E-state index contributed by atoms with van der Waals surface area (Å²) in [6, 6.07) is 0. The molecule has 0 aliphatic rings. The van der Waals surface area contributed by atoms with Crippen molar-refractivity contribution in [2.24, 2.45) is 0 Å². The van der Waals surface area contributed by atoms with Crippen LogP contribution >= 0.6 is 0 Å². The van der Waals surface area contributed by atoms with Gasteiger partial charge in [-0.1, -0.05) is 58.3 Å². The summed E-state index contributed by atoms with van der Waals surface area (Å²) in [7, 11) is 1.68. The van der Waals surface area contributed by atoms with Crippen LogP contribution in [0.25, 0.3) is 0 Å². The van der Waals surface area contributed by atoms with Crippen LogP contribution in [0.15, 0.2) is 0 Å². The normalized spacial score (nSPS) is 10.6. The fourth-order valence-electron chi connectivity index (χ4n) is 2.13. The number of unbranched alkanes of at least 4 members (excludes halogenated alkanes) is 8. The quantitative estimate of drug-likeness (QED) is 0.484. The van der Waals surface area contributed by atoms with Crippen LogP contribution in [-0.2, 0) is 9.53 Å². The van der Waals surface area contributed by atoms with Crippen molar-refractivity contribution in [2.75, 3.05) is 20.3 Å². The molecule has 0 aliphatic carbocycles. The predicted molar refractivity (Wildman–Crippen MR) is 81.3 cm³/mol. The molecule has 19 heavy (non-hydrogen) atoms. The van der Waals surface area contributed by atoms with E-state index in [2.05, 4.69) is 12.2 Å². The Hall–Kier alpha value is -0.570. The van der Waals surface area contributed by atoms with Crippen LogP contribution < -0.4 is 5.32 Å². The van der Waals surface area contributed by atoms with Crippen LogP contribution in [0.2, 0.25) is 0 Å². The van der Waals surface area contributed by atoms with Gasteiger partial charge in [-0.05, 0) is 12.8 Å². The number of carbonyl (C=O) groups excluding carboxylic acids is 1. The fraction of sp³-hybridized carbons (Fsp3) is 0.938. The summed E-state index contributed by atoms with van der Waals surface area (Å²) in [4.78, 5) is 11.5. The van der Waals surface area contributed by atoms with Crippen molar-refractivity contribution in [3.63, 3.8) is 0 Å². The number of methoxy groups -OCH3 is 1. The average molecular weight is 271 g/mol. The topological polar surface area (TPSA) is 38.3 Å². The van der Waals surface area contributed by atoms with E-state index in [0.717, 1.165) is 26.0 Å². The number of amides is 1. The summed E-state index contributed by atoms with van der Waals surface area (Å²) < 4.78 is 4.93. The monoisotopic (exact) mass is 271 g/mol. The number of hydrogen-bond acceptors (Lipinski definition) is 2. The number of rotatable bonds is 14. The maximum Gasteiger partial charge on any atom is 0.219 e. The van der Waals surface area contributed by atoms with Gasteiger partial charge in [-0.2, -0.15) is 0 Å². The number of ether oxygens (including phenoxy) is 1.